The van der Waals surface area contributed by atoms with E-state index in [0.717, 1.165) is 36.5 Å². The molecule has 6 nitrogen and oxygen atoms in total. The first kappa shape index (κ1) is 19.3. The van der Waals surface area contributed by atoms with Crippen LogP contribution in [0.1, 0.15) is 43.0 Å². The third-order valence-electron chi connectivity index (χ3n) is 5.51. The molecule has 150 valence electrons. The largest absolute Gasteiger partial charge is 0.393 e. The lowest BCUT2D eigenvalue weighted by molar-refractivity contribution is 0.0987. The molecule has 1 saturated carbocycles. The van der Waals surface area contributed by atoms with E-state index >= 15 is 0 Å². The van der Waals surface area contributed by atoms with E-state index in [0.29, 0.717) is 23.9 Å². The summed E-state index contributed by atoms with van der Waals surface area (Å²) in [6.45, 7) is 2.45. The minimum absolute atomic E-state index is 0.0799. The maximum atomic E-state index is 13.2. The van der Waals surface area contributed by atoms with Gasteiger partial charge in [0, 0.05) is 24.3 Å². The highest BCUT2D eigenvalue weighted by Gasteiger charge is 2.21. The fourth-order valence-electron chi connectivity index (χ4n) is 3.86. The summed E-state index contributed by atoms with van der Waals surface area (Å²) in [5.41, 5.74) is 0.639. The molecule has 2 aromatic carbocycles. The number of aliphatic hydroxyl groups is 1. The van der Waals surface area contributed by atoms with Crippen molar-refractivity contribution in [1.82, 2.24) is 9.97 Å². The lowest BCUT2D eigenvalue weighted by atomic mass is 9.93. The van der Waals surface area contributed by atoms with E-state index in [2.05, 4.69) is 15.3 Å². The molecule has 0 atom stereocenters. The molecule has 2 N–H and O–H groups in total. The van der Waals surface area contributed by atoms with Crippen LogP contribution in [0.4, 0.5) is 11.8 Å². The zero-order chi connectivity index (χ0) is 20.2. The highest BCUT2D eigenvalue weighted by molar-refractivity contribution is 6.07. The number of carbonyl (C=O) groups excluding carboxylic acids is 1. The Kier molecular flexibility index (Phi) is 5.71. The molecule has 0 spiro atoms. The molecule has 29 heavy (non-hydrogen) atoms. The van der Waals surface area contributed by atoms with Gasteiger partial charge < -0.3 is 10.4 Å². The molecule has 0 saturated heterocycles. The van der Waals surface area contributed by atoms with Gasteiger partial charge in [-0.3, -0.25) is 9.69 Å². The number of nitrogens with one attached hydrogen (secondary N) is 1. The Morgan fingerprint density at radius 1 is 1.10 bits per heavy atom. The molecule has 0 aliphatic heterocycles. The Bertz CT molecular complexity index is 999. The standard InChI is InChI=1S/C23H26N4O2/c1-2-27(22(29)18-8-7-16-5-3-4-6-17(16)15-18)21-13-14-24-23(26-21)25-19-9-11-20(28)12-10-19/h3-8,13-15,19-20,28H,2,9-12H2,1H3,(H,24,25,26). The van der Waals surface area contributed by atoms with E-state index in [1.54, 1.807) is 17.2 Å². The normalized spacial score (nSPS) is 19.1. The molecule has 4 rings (SSSR count). The number of anilines is 2. The van der Waals surface area contributed by atoms with Crippen LogP contribution in [-0.4, -0.2) is 39.7 Å². The minimum Gasteiger partial charge on any atom is -0.393 e. The third-order valence-corrected chi connectivity index (χ3v) is 5.51. The lowest BCUT2D eigenvalue weighted by Gasteiger charge is -2.26. The molecule has 1 aliphatic carbocycles. The summed E-state index contributed by atoms with van der Waals surface area (Å²) < 4.78 is 0. The van der Waals surface area contributed by atoms with E-state index in [1.165, 1.54) is 0 Å². The Hall–Kier alpha value is -2.99. The van der Waals surface area contributed by atoms with E-state index < -0.39 is 0 Å². The predicted octanol–water partition coefficient (Wildman–Crippen LogP) is 4.01. The maximum Gasteiger partial charge on any atom is 0.259 e. The monoisotopic (exact) mass is 390 g/mol. The van der Waals surface area contributed by atoms with Crippen LogP contribution < -0.4 is 10.2 Å². The number of amides is 1. The second-order valence-corrected chi connectivity index (χ2v) is 7.50. The van der Waals surface area contributed by atoms with Gasteiger partial charge in [0.2, 0.25) is 5.95 Å². The number of rotatable bonds is 5. The lowest BCUT2D eigenvalue weighted by Crippen LogP contribution is -2.32. The van der Waals surface area contributed by atoms with E-state index in [1.807, 2.05) is 49.4 Å². The van der Waals surface area contributed by atoms with Gasteiger partial charge >= 0.3 is 0 Å². The SMILES string of the molecule is CCN(C(=O)c1ccc2ccccc2c1)c1ccnc(NC2CCC(O)CC2)n1. The van der Waals surface area contributed by atoms with Gasteiger partial charge in [-0.1, -0.05) is 30.3 Å². The van der Waals surface area contributed by atoms with Crippen LogP contribution in [0, 0.1) is 0 Å². The fraction of sp³-hybridized carbons (Fsp3) is 0.348. The van der Waals surface area contributed by atoms with Crippen LogP contribution in [0.5, 0.6) is 0 Å². The molecule has 3 aromatic rings. The number of nitrogens with zero attached hydrogens (tertiary/aromatic N) is 3. The Morgan fingerprint density at radius 3 is 2.62 bits per heavy atom. The number of aliphatic hydroxyl groups excluding tert-OH is 1. The molecule has 1 aromatic heterocycles. The van der Waals surface area contributed by atoms with Gasteiger partial charge in [-0.2, -0.15) is 4.98 Å². The van der Waals surface area contributed by atoms with Crippen molar-refractivity contribution in [1.29, 1.82) is 0 Å². The summed E-state index contributed by atoms with van der Waals surface area (Å²) in [5.74, 6) is 1.02. The fourth-order valence-corrected chi connectivity index (χ4v) is 3.86. The quantitative estimate of drug-likeness (QED) is 0.688. The summed E-state index contributed by atoms with van der Waals surface area (Å²) in [6, 6.07) is 15.8. The van der Waals surface area contributed by atoms with E-state index in [9.17, 15) is 9.90 Å². The molecule has 1 amide bonds. The van der Waals surface area contributed by atoms with Crippen molar-refractivity contribution in [3.63, 3.8) is 0 Å². The van der Waals surface area contributed by atoms with E-state index in [4.69, 9.17) is 0 Å². The van der Waals surface area contributed by atoms with Crippen molar-refractivity contribution < 1.29 is 9.90 Å². The molecule has 1 fully saturated rings. The molecule has 0 radical (unpaired) electrons. The van der Waals surface area contributed by atoms with Crippen LogP contribution in [0.3, 0.4) is 0 Å². The predicted molar refractivity (Wildman–Crippen MR) is 115 cm³/mol. The molecule has 1 heterocycles. The van der Waals surface area contributed by atoms with Gasteiger partial charge in [-0.15, -0.1) is 0 Å². The maximum absolute atomic E-state index is 13.2. The Morgan fingerprint density at radius 2 is 1.86 bits per heavy atom. The van der Waals surface area contributed by atoms with Crippen LogP contribution in [-0.2, 0) is 0 Å². The summed E-state index contributed by atoms with van der Waals surface area (Å²) >= 11 is 0. The smallest absolute Gasteiger partial charge is 0.259 e. The topological polar surface area (TPSA) is 78.4 Å². The molecular weight excluding hydrogens is 364 g/mol. The number of benzene rings is 2. The van der Waals surface area contributed by atoms with Gasteiger partial charge in [-0.05, 0) is 61.6 Å². The summed E-state index contributed by atoms with van der Waals surface area (Å²) in [6.07, 6.45) is 4.84. The molecule has 0 unspecified atom stereocenters. The van der Waals surface area contributed by atoms with Gasteiger partial charge in [0.25, 0.3) is 5.91 Å². The number of fused-ring (bicyclic) bond motifs is 1. The molecular formula is C23H26N4O2. The van der Waals surface area contributed by atoms with Crippen molar-refractivity contribution in [2.75, 3.05) is 16.8 Å². The van der Waals surface area contributed by atoms with Crippen LogP contribution >= 0.6 is 0 Å². The first-order valence-corrected chi connectivity index (χ1v) is 10.2. The van der Waals surface area contributed by atoms with Crippen molar-refractivity contribution in [3.8, 4) is 0 Å². The van der Waals surface area contributed by atoms with Crippen LogP contribution in [0.15, 0.2) is 54.7 Å². The number of carbonyl (C=O) groups is 1. The average Bonchev–Trinajstić information content (AvgIpc) is 2.76. The van der Waals surface area contributed by atoms with E-state index in [-0.39, 0.29) is 18.1 Å². The van der Waals surface area contributed by atoms with Crippen molar-refractivity contribution in [2.45, 2.75) is 44.8 Å². The summed E-state index contributed by atoms with van der Waals surface area (Å²) in [7, 11) is 0. The summed E-state index contributed by atoms with van der Waals surface area (Å²) in [4.78, 5) is 23.7. The number of hydrogen-bond acceptors (Lipinski definition) is 5. The third kappa shape index (κ3) is 4.38. The second kappa shape index (κ2) is 8.57. The van der Waals surface area contributed by atoms with Crippen LogP contribution in [0.25, 0.3) is 10.8 Å². The zero-order valence-corrected chi connectivity index (χ0v) is 16.6. The second-order valence-electron chi connectivity index (χ2n) is 7.50. The molecule has 1 aliphatic rings. The van der Waals surface area contributed by atoms with Crippen molar-refractivity contribution in [3.05, 3.63) is 60.3 Å². The van der Waals surface area contributed by atoms with Gasteiger partial charge in [0.05, 0.1) is 6.10 Å². The summed E-state index contributed by atoms with van der Waals surface area (Å²) in [5, 5.41) is 15.2. The first-order chi connectivity index (χ1) is 14.1. The number of aromatic nitrogens is 2. The minimum atomic E-state index is -0.199. The Balaban J connectivity index is 1.54. The molecule has 6 heteroatoms. The van der Waals surface area contributed by atoms with Crippen LogP contribution in [0.2, 0.25) is 0 Å². The number of hydrogen-bond donors (Lipinski definition) is 2. The van der Waals surface area contributed by atoms with Crippen molar-refractivity contribution in [2.24, 2.45) is 0 Å². The van der Waals surface area contributed by atoms with Crippen molar-refractivity contribution >= 4 is 28.4 Å². The van der Waals surface area contributed by atoms with Gasteiger partial charge in [0.15, 0.2) is 0 Å². The Labute approximate surface area is 170 Å². The van der Waals surface area contributed by atoms with Gasteiger partial charge in [-0.25, -0.2) is 4.98 Å². The first-order valence-electron chi connectivity index (χ1n) is 10.2. The highest BCUT2D eigenvalue weighted by Crippen LogP contribution is 2.23. The van der Waals surface area contributed by atoms with Gasteiger partial charge in [0.1, 0.15) is 5.82 Å². The highest BCUT2D eigenvalue weighted by atomic mass is 16.3. The average molecular weight is 390 g/mol. The molecule has 0 bridgehead atoms. The zero-order valence-electron chi connectivity index (χ0n) is 16.6.